The van der Waals surface area contributed by atoms with Crippen LogP contribution in [0.2, 0.25) is 0 Å². The average molecular weight is 291 g/mol. The first-order valence-electron chi connectivity index (χ1n) is 6.83. The second kappa shape index (κ2) is 7.42. The van der Waals surface area contributed by atoms with Crippen molar-refractivity contribution in [1.29, 1.82) is 0 Å². The van der Waals surface area contributed by atoms with E-state index in [9.17, 15) is 14.4 Å². The fourth-order valence-electron chi connectivity index (χ4n) is 1.72. The lowest BCUT2D eigenvalue weighted by Crippen LogP contribution is -2.32. The zero-order chi connectivity index (χ0) is 16.0. The molecule has 0 aliphatic rings. The molecule has 6 heteroatoms. The van der Waals surface area contributed by atoms with Crippen molar-refractivity contribution in [2.75, 3.05) is 10.6 Å². The number of carbonyl (C=O) groups is 3. The summed E-state index contributed by atoms with van der Waals surface area (Å²) in [6.07, 6.45) is 0.815. The van der Waals surface area contributed by atoms with Gasteiger partial charge in [-0.15, -0.1) is 0 Å². The van der Waals surface area contributed by atoms with Gasteiger partial charge >= 0.3 is 0 Å². The number of hydrogen-bond donors (Lipinski definition) is 3. The number of amides is 3. The first kappa shape index (κ1) is 16.7. The third kappa shape index (κ3) is 5.64. The molecule has 1 aromatic carbocycles. The van der Waals surface area contributed by atoms with E-state index in [-0.39, 0.29) is 23.8 Å². The number of anilines is 2. The predicted octanol–water partition coefficient (Wildman–Crippen LogP) is 2.13. The predicted molar refractivity (Wildman–Crippen MR) is 82.3 cm³/mol. The van der Waals surface area contributed by atoms with Crippen LogP contribution in [-0.2, 0) is 9.59 Å². The van der Waals surface area contributed by atoms with E-state index in [0.717, 1.165) is 6.42 Å². The van der Waals surface area contributed by atoms with Gasteiger partial charge in [-0.3, -0.25) is 14.4 Å². The number of rotatable bonds is 5. The zero-order valence-corrected chi connectivity index (χ0v) is 12.7. The molecule has 0 aliphatic carbocycles. The maximum Gasteiger partial charge on any atom is 0.251 e. The van der Waals surface area contributed by atoms with Crippen LogP contribution in [-0.4, -0.2) is 23.8 Å². The Labute approximate surface area is 124 Å². The fraction of sp³-hybridized carbons (Fsp3) is 0.400. The van der Waals surface area contributed by atoms with E-state index in [1.807, 2.05) is 13.8 Å². The third-order valence-electron chi connectivity index (χ3n) is 2.83. The highest BCUT2D eigenvalue weighted by atomic mass is 16.2. The summed E-state index contributed by atoms with van der Waals surface area (Å²) in [4.78, 5) is 34.5. The summed E-state index contributed by atoms with van der Waals surface area (Å²) in [6.45, 7) is 6.64. The Bertz CT molecular complexity index is 521. The third-order valence-corrected chi connectivity index (χ3v) is 2.83. The summed E-state index contributed by atoms with van der Waals surface area (Å²) in [5, 5.41) is 8.06. The van der Waals surface area contributed by atoms with Crippen molar-refractivity contribution in [3.8, 4) is 0 Å². The lowest BCUT2D eigenvalue weighted by molar-refractivity contribution is -0.115. The van der Waals surface area contributed by atoms with Crippen LogP contribution in [0.1, 0.15) is 44.5 Å². The molecule has 1 unspecified atom stereocenters. The molecule has 3 amide bonds. The van der Waals surface area contributed by atoms with E-state index >= 15 is 0 Å². The molecule has 0 fully saturated rings. The summed E-state index contributed by atoms with van der Waals surface area (Å²) in [5.41, 5.74) is 1.30. The van der Waals surface area contributed by atoms with E-state index in [2.05, 4.69) is 16.0 Å². The van der Waals surface area contributed by atoms with Gasteiger partial charge in [-0.1, -0.05) is 6.92 Å². The first-order valence-corrected chi connectivity index (χ1v) is 6.83. The summed E-state index contributed by atoms with van der Waals surface area (Å²) in [6, 6.07) is 4.80. The van der Waals surface area contributed by atoms with Crippen molar-refractivity contribution < 1.29 is 14.4 Å². The van der Waals surface area contributed by atoms with E-state index in [0.29, 0.717) is 16.9 Å². The summed E-state index contributed by atoms with van der Waals surface area (Å²) in [7, 11) is 0. The molecular weight excluding hydrogens is 270 g/mol. The van der Waals surface area contributed by atoms with Crippen molar-refractivity contribution in [1.82, 2.24) is 5.32 Å². The van der Waals surface area contributed by atoms with Crippen molar-refractivity contribution in [3.63, 3.8) is 0 Å². The van der Waals surface area contributed by atoms with Crippen LogP contribution in [0.3, 0.4) is 0 Å². The van der Waals surface area contributed by atoms with Crippen LogP contribution in [0.5, 0.6) is 0 Å². The molecule has 0 aromatic heterocycles. The van der Waals surface area contributed by atoms with Crippen LogP contribution in [0.4, 0.5) is 11.4 Å². The van der Waals surface area contributed by atoms with Crippen molar-refractivity contribution >= 4 is 29.1 Å². The number of nitrogens with one attached hydrogen (secondary N) is 3. The van der Waals surface area contributed by atoms with Gasteiger partial charge in [0.25, 0.3) is 5.91 Å². The van der Waals surface area contributed by atoms with Gasteiger partial charge in [0.05, 0.1) is 0 Å². The molecule has 0 spiro atoms. The Morgan fingerprint density at radius 2 is 1.48 bits per heavy atom. The molecule has 1 aromatic rings. The van der Waals surface area contributed by atoms with Crippen LogP contribution in [0, 0.1) is 0 Å². The van der Waals surface area contributed by atoms with Crippen LogP contribution in [0.25, 0.3) is 0 Å². The monoisotopic (exact) mass is 291 g/mol. The van der Waals surface area contributed by atoms with Gasteiger partial charge in [-0.2, -0.15) is 0 Å². The SMILES string of the molecule is CCC(C)NC(=O)c1cc(NC(C)=O)cc(NC(C)=O)c1. The lowest BCUT2D eigenvalue weighted by atomic mass is 10.1. The quantitative estimate of drug-likeness (QED) is 0.776. The van der Waals surface area contributed by atoms with Crippen LogP contribution in [0.15, 0.2) is 18.2 Å². The van der Waals surface area contributed by atoms with Crippen molar-refractivity contribution in [2.24, 2.45) is 0 Å². The smallest absolute Gasteiger partial charge is 0.251 e. The number of carbonyl (C=O) groups excluding carboxylic acids is 3. The molecule has 1 rings (SSSR count). The van der Waals surface area contributed by atoms with Gasteiger partial charge in [0.2, 0.25) is 11.8 Å². The second-order valence-corrected chi connectivity index (χ2v) is 4.94. The van der Waals surface area contributed by atoms with Gasteiger partial charge in [0, 0.05) is 36.8 Å². The van der Waals surface area contributed by atoms with E-state index < -0.39 is 0 Å². The minimum absolute atomic E-state index is 0.0474. The molecule has 6 nitrogen and oxygen atoms in total. The Balaban J connectivity index is 3.08. The topological polar surface area (TPSA) is 87.3 Å². The first-order chi connectivity index (χ1) is 9.81. The summed E-state index contributed by atoms with van der Waals surface area (Å²) in [5.74, 6) is -0.741. The van der Waals surface area contributed by atoms with Gasteiger partial charge in [0.1, 0.15) is 0 Å². The van der Waals surface area contributed by atoms with Gasteiger partial charge in [-0.05, 0) is 31.5 Å². The Morgan fingerprint density at radius 1 is 1.00 bits per heavy atom. The molecule has 21 heavy (non-hydrogen) atoms. The van der Waals surface area contributed by atoms with Crippen LogP contribution < -0.4 is 16.0 Å². The van der Waals surface area contributed by atoms with E-state index in [1.54, 1.807) is 18.2 Å². The van der Waals surface area contributed by atoms with Crippen LogP contribution >= 0.6 is 0 Å². The highest BCUT2D eigenvalue weighted by Gasteiger charge is 2.12. The molecule has 114 valence electrons. The molecule has 3 N–H and O–H groups in total. The number of benzene rings is 1. The molecule has 0 aliphatic heterocycles. The maximum atomic E-state index is 12.2. The normalized spacial score (nSPS) is 11.4. The standard InChI is InChI=1S/C15H21N3O3/c1-5-9(2)16-15(21)12-6-13(17-10(3)19)8-14(7-12)18-11(4)20/h6-9H,5H2,1-4H3,(H,16,21)(H,17,19)(H,18,20). The molecule has 0 radical (unpaired) electrons. The Morgan fingerprint density at radius 3 is 1.86 bits per heavy atom. The summed E-state index contributed by atoms with van der Waals surface area (Å²) >= 11 is 0. The highest BCUT2D eigenvalue weighted by molar-refractivity contribution is 6.00. The largest absolute Gasteiger partial charge is 0.350 e. The Hall–Kier alpha value is -2.37. The molecule has 1 atom stereocenters. The minimum Gasteiger partial charge on any atom is -0.350 e. The van der Waals surface area contributed by atoms with E-state index in [4.69, 9.17) is 0 Å². The van der Waals surface area contributed by atoms with Crippen molar-refractivity contribution in [3.05, 3.63) is 23.8 Å². The van der Waals surface area contributed by atoms with Gasteiger partial charge in [-0.25, -0.2) is 0 Å². The molecule has 0 saturated heterocycles. The minimum atomic E-state index is -0.247. The molecular formula is C15H21N3O3. The van der Waals surface area contributed by atoms with Crippen molar-refractivity contribution in [2.45, 2.75) is 40.2 Å². The number of hydrogen-bond acceptors (Lipinski definition) is 3. The van der Waals surface area contributed by atoms with Gasteiger partial charge in [0.15, 0.2) is 0 Å². The molecule has 0 saturated carbocycles. The summed E-state index contributed by atoms with van der Waals surface area (Å²) < 4.78 is 0. The molecule has 0 bridgehead atoms. The second-order valence-electron chi connectivity index (χ2n) is 4.94. The molecule has 0 heterocycles. The van der Waals surface area contributed by atoms with Gasteiger partial charge < -0.3 is 16.0 Å². The van der Waals surface area contributed by atoms with E-state index in [1.165, 1.54) is 13.8 Å². The lowest BCUT2D eigenvalue weighted by Gasteiger charge is -2.14. The fourth-order valence-corrected chi connectivity index (χ4v) is 1.72. The Kier molecular flexibility index (Phi) is 5.90. The average Bonchev–Trinajstić information content (AvgIpc) is 2.36. The zero-order valence-electron chi connectivity index (χ0n) is 12.7. The maximum absolute atomic E-state index is 12.2. The highest BCUT2D eigenvalue weighted by Crippen LogP contribution is 2.19.